The van der Waals surface area contributed by atoms with Crippen LogP contribution in [0, 0.1) is 5.92 Å². The fourth-order valence-corrected chi connectivity index (χ4v) is 2.29. The van der Waals surface area contributed by atoms with Crippen LogP contribution in [0.1, 0.15) is 25.7 Å². The summed E-state index contributed by atoms with van der Waals surface area (Å²) in [5.41, 5.74) is 0.973. The van der Waals surface area contributed by atoms with Crippen molar-refractivity contribution in [2.45, 2.75) is 25.7 Å². The van der Waals surface area contributed by atoms with Gasteiger partial charge in [0.25, 0.3) is 0 Å². The molecule has 2 aliphatic carbocycles. The molecule has 1 fully saturated rings. The van der Waals surface area contributed by atoms with E-state index < -0.39 is 0 Å². The van der Waals surface area contributed by atoms with Crippen LogP contribution in [-0.4, -0.2) is 26.1 Å². The minimum Gasteiger partial charge on any atom is -0.492 e. The van der Waals surface area contributed by atoms with Crippen LogP contribution in [0.3, 0.4) is 0 Å². The summed E-state index contributed by atoms with van der Waals surface area (Å²) in [7, 11) is 1.65. The molecule has 0 spiro atoms. The van der Waals surface area contributed by atoms with Gasteiger partial charge in [0.2, 0.25) is 0 Å². The molecule has 2 aliphatic rings. The van der Waals surface area contributed by atoms with Crippen molar-refractivity contribution < 1.29 is 14.3 Å². The highest BCUT2D eigenvalue weighted by Gasteiger charge is 2.27. The van der Waals surface area contributed by atoms with E-state index in [1.807, 2.05) is 6.08 Å². The molecule has 3 heteroatoms. The average molecular weight is 222 g/mol. The van der Waals surface area contributed by atoms with E-state index in [1.54, 1.807) is 7.11 Å². The number of ether oxygens (including phenoxy) is 2. The molecule has 3 nitrogen and oxygen atoms in total. The summed E-state index contributed by atoms with van der Waals surface area (Å²) in [6.07, 6.45) is 7.83. The van der Waals surface area contributed by atoms with Gasteiger partial charge in [-0.25, -0.2) is 0 Å². The van der Waals surface area contributed by atoms with E-state index in [9.17, 15) is 4.79 Å². The van der Waals surface area contributed by atoms with Gasteiger partial charge in [0.05, 0.1) is 6.61 Å². The van der Waals surface area contributed by atoms with Crippen LogP contribution in [0.15, 0.2) is 23.5 Å². The van der Waals surface area contributed by atoms with Gasteiger partial charge in [0, 0.05) is 19.1 Å². The molecule has 0 aliphatic heterocycles. The first-order valence-corrected chi connectivity index (χ1v) is 5.88. The van der Waals surface area contributed by atoms with Crippen LogP contribution < -0.4 is 0 Å². The zero-order chi connectivity index (χ0) is 11.4. The van der Waals surface area contributed by atoms with E-state index in [0.29, 0.717) is 31.3 Å². The van der Waals surface area contributed by atoms with Gasteiger partial charge >= 0.3 is 0 Å². The summed E-state index contributed by atoms with van der Waals surface area (Å²) in [5.74, 6) is 1.58. The molecule has 16 heavy (non-hydrogen) atoms. The number of rotatable bonds is 4. The number of allylic oxidation sites excluding steroid dienone is 3. The molecule has 2 rings (SSSR count). The van der Waals surface area contributed by atoms with Crippen molar-refractivity contribution in [2.75, 3.05) is 20.3 Å². The number of carbonyl (C=O) groups excluding carboxylic acids is 1. The molecule has 1 unspecified atom stereocenters. The van der Waals surface area contributed by atoms with Gasteiger partial charge in [0.15, 0.2) is 5.78 Å². The Morgan fingerprint density at radius 1 is 1.44 bits per heavy atom. The van der Waals surface area contributed by atoms with Gasteiger partial charge in [-0.05, 0) is 37.3 Å². The Morgan fingerprint density at radius 2 is 2.31 bits per heavy atom. The van der Waals surface area contributed by atoms with Crippen molar-refractivity contribution in [3.8, 4) is 0 Å². The number of carbonyl (C=O) groups is 1. The highest BCUT2D eigenvalue weighted by molar-refractivity contribution is 5.97. The van der Waals surface area contributed by atoms with Crippen molar-refractivity contribution >= 4 is 5.78 Å². The van der Waals surface area contributed by atoms with Gasteiger partial charge in [-0.2, -0.15) is 0 Å². The molecule has 1 atom stereocenters. The van der Waals surface area contributed by atoms with Crippen LogP contribution in [-0.2, 0) is 14.3 Å². The average Bonchev–Trinajstić information content (AvgIpc) is 2.30. The lowest BCUT2D eigenvalue weighted by molar-refractivity contribution is -0.117. The summed E-state index contributed by atoms with van der Waals surface area (Å²) in [6.45, 7) is 1.13. The molecule has 0 aromatic rings. The topological polar surface area (TPSA) is 35.5 Å². The molecule has 0 radical (unpaired) electrons. The molecule has 0 heterocycles. The molecule has 0 bridgehead atoms. The zero-order valence-electron chi connectivity index (χ0n) is 9.70. The van der Waals surface area contributed by atoms with Gasteiger partial charge in [-0.15, -0.1) is 0 Å². The number of hydrogen-bond acceptors (Lipinski definition) is 3. The Labute approximate surface area is 96.1 Å². The minimum absolute atomic E-state index is 0.303. The van der Waals surface area contributed by atoms with Crippen molar-refractivity contribution in [2.24, 2.45) is 5.92 Å². The number of methoxy groups -OCH3 is 1. The third-order valence-corrected chi connectivity index (χ3v) is 3.18. The fraction of sp³-hybridized carbons (Fsp3) is 0.615. The molecule has 88 valence electrons. The van der Waals surface area contributed by atoms with E-state index in [-0.39, 0.29) is 0 Å². The molecule has 0 amide bonds. The highest BCUT2D eigenvalue weighted by atomic mass is 16.5. The first-order valence-electron chi connectivity index (χ1n) is 5.88. The molecular weight excluding hydrogens is 204 g/mol. The SMILES string of the molecule is COCCOC1=CCC2CCCC(=O)C2=C1. The maximum absolute atomic E-state index is 11.7. The van der Waals surface area contributed by atoms with Crippen LogP contribution >= 0.6 is 0 Å². The summed E-state index contributed by atoms with van der Waals surface area (Å²) >= 11 is 0. The smallest absolute Gasteiger partial charge is 0.159 e. The number of Topliss-reactive ketones (excluding diaryl/α,β-unsaturated/α-hetero) is 1. The van der Waals surface area contributed by atoms with Crippen LogP contribution in [0.5, 0.6) is 0 Å². The Balaban J connectivity index is 1.97. The lowest BCUT2D eigenvalue weighted by Gasteiger charge is -2.26. The first kappa shape index (κ1) is 11.4. The lowest BCUT2D eigenvalue weighted by atomic mass is 9.79. The van der Waals surface area contributed by atoms with E-state index in [1.165, 1.54) is 0 Å². The second-order valence-electron chi connectivity index (χ2n) is 4.30. The maximum atomic E-state index is 11.7. The van der Waals surface area contributed by atoms with Gasteiger partial charge in [0.1, 0.15) is 12.4 Å². The van der Waals surface area contributed by atoms with Crippen molar-refractivity contribution in [3.05, 3.63) is 23.5 Å². The molecule has 1 saturated carbocycles. The van der Waals surface area contributed by atoms with Crippen molar-refractivity contribution in [1.82, 2.24) is 0 Å². The fourth-order valence-electron chi connectivity index (χ4n) is 2.29. The lowest BCUT2D eigenvalue weighted by Crippen LogP contribution is -2.21. The Bertz CT molecular complexity index is 328. The van der Waals surface area contributed by atoms with Gasteiger partial charge in [-0.3, -0.25) is 4.79 Å². The zero-order valence-corrected chi connectivity index (χ0v) is 9.70. The van der Waals surface area contributed by atoms with Crippen LogP contribution in [0.2, 0.25) is 0 Å². The van der Waals surface area contributed by atoms with E-state index in [0.717, 1.165) is 30.6 Å². The van der Waals surface area contributed by atoms with Crippen molar-refractivity contribution in [3.63, 3.8) is 0 Å². The second-order valence-corrected chi connectivity index (χ2v) is 4.30. The molecule has 0 N–H and O–H groups in total. The molecule has 0 aromatic carbocycles. The van der Waals surface area contributed by atoms with E-state index in [2.05, 4.69) is 6.08 Å². The van der Waals surface area contributed by atoms with E-state index >= 15 is 0 Å². The normalized spacial score (nSPS) is 24.6. The Morgan fingerprint density at radius 3 is 3.12 bits per heavy atom. The highest BCUT2D eigenvalue weighted by Crippen LogP contribution is 2.34. The second kappa shape index (κ2) is 5.30. The number of hydrogen-bond donors (Lipinski definition) is 0. The third kappa shape index (κ3) is 2.53. The molecule has 0 saturated heterocycles. The third-order valence-electron chi connectivity index (χ3n) is 3.18. The minimum atomic E-state index is 0.303. The Hall–Kier alpha value is -1.09. The summed E-state index contributed by atoms with van der Waals surface area (Å²) < 4.78 is 10.4. The monoisotopic (exact) mass is 222 g/mol. The first-order chi connectivity index (χ1) is 7.81. The molecule has 0 aromatic heterocycles. The van der Waals surface area contributed by atoms with Gasteiger partial charge < -0.3 is 9.47 Å². The largest absolute Gasteiger partial charge is 0.492 e. The standard InChI is InChI=1S/C13H18O3/c1-15-7-8-16-11-6-5-10-3-2-4-13(14)12(10)9-11/h6,9-10H,2-5,7-8H2,1H3. The number of ketones is 1. The quantitative estimate of drug-likeness (QED) is 0.684. The predicted octanol–water partition coefficient (Wildman–Crippen LogP) is 2.23. The number of fused-ring (bicyclic) bond motifs is 1. The van der Waals surface area contributed by atoms with E-state index in [4.69, 9.17) is 9.47 Å². The van der Waals surface area contributed by atoms with Gasteiger partial charge in [-0.1, -0.05) is 0 Å². The predicted molar refractivity (Wildman–Crippen MR) is 61.0 cm³/mol. The maximum Gasteiger partial charge on any atom is 0.159 e. The summed E-state index contributed by atoms with van der Waals surface area (Å²) in [4.78, 5) is 11.7. The Kier molecular flexibility index (Phi) is 3.78. The summed E-state index contributed by atoms with van der Waals surface area (Å²) in [6, 6.07) is 0. The van der Waals surface area contributed by atoms with Crippen LogP contribution in [0.4, 0.5) is 0 Å². The molecular formula is C13H18O3. The summed E-state index contributed by atoms with van der Waals surface area (Å²) in [5, 5.41) is 0. The van der Waals surface area contributed by atoms with Crippen molar-refractivity contribution in [1.29, 1.82) is 0 Å². The van der Waals surface area contributed by atoms with Crippen LogP contribution in [0.25, 0.3) is 0 Å².